The van der Waals surface area contributed by atoms with Crippen molar-refractivity contribution in [3.8, 4) is 0 Å². The number of halogens is 1. The van der Waals surface area contributed by atoms with E-state index in [0.29, 0.717) is 5.82 Å². The molecule has 0 spiro atoms. The van der Waals surface area contributed by atoms with E-state index in [1.54, 1.807) is 0 Å². The molecular weight excluding hydrogens is 311 g/mol. The Kier molecular flexibility index (Phi) is 4.16. The van der Waals surface area contributed by atoms with Crippen molar-refractivity contribution in [2.45, 2.75) is 19.9 Å². The summed E-state index contributed by atoms with van der Waals surface area (Å²) < 4.78 is 14.2. The number of hydrogen-bond donors (Lipinski definition) is 2. The van der Waals surface area contributed by atoms with Crippen LogP contribution in [-0.2, 0) is 0 Å². The van der Waals surface area contributed by atoms with Gasteiger partial charge in [-0.25, -0.2) is 9.37 Å². The molecule has 7 heteroatoms. The minimum atomic E-state index is -0.661. The molecule has 124 valence electrons. The standard InChI is InChI=1S/C17H17FN4O2/c1-10(2)16(17-20-14-5-3-4-6-15(14)21-17)19-13-8-7-11(22(23)24)9-12(13)18/h3-10,16,19H,1-2H3,(H,20,21)/t16-/m1/s1. The van der Waals surface area contributed by atoms with Gasteiger partial charge in [0.15, 0.2) is 5.82 Å². The van der Waals surface area contributed by atoms with Gasteiger partial charge in [0.2, 0.25) is 0 Å². The van der Waals surface area contributed by atoms with E-state index >= 15 is 0 Å². The number of aromatic nitrogens is 2. The molecule has 0 fully saturated rings. The zero-order valence-electron chi connectivity index (χ0n) is 13.3. The number of aromatic amines is 1. The van der Waals surface area contributed by atoms with Crippen molar-refractivity contribution >= 4 is 22.4 Å². The fourth-order valence-electron chi connectivity index (χ4n) is 2.57. The SMILES string of the molecule is CC(C)[C@@H](Nc1ccc([N+](=O)[O-])cc1F)c1nc2ccccc2[nH]1. The molecule has 0 bridgehead atoms. The van der Waals surface area contributed by atoms with Crippen LogP contribution in [0.5, 0.6) is 0 Å². The first kappa shape index (κ1) is 15.9. The fourth-order valence-corrected chi connectivity index (χ4v) is 2.57. The van der Waals surface area contributed by atoms with E-state index in [1.165, 1.54) is 12.1 Å². The average Bonchev–Trinajstić information content (AvgIpc) is 2.96. The number of H-pyrrole nitrogens is 1. The number of anilines is 1. The lowest BCUT2D eigenvalue weighted by Crippen LogP contribution is -2.19. The van der Waals surface area contributed by atoms with Crippen molar-refractivity contribution < 1.29 is 9.31 Å². The molecule has 2 aromatic carbocycles. The smallest absolute Gasteiger partial charge is 0.272 e. The monoisotopic (exact) mass is 328 g/mol. The molecule has 6 nitrogen and oxygen atoms in total. The number of fused-ring (bicyclic) bond motifs is 1. The molecule has 24 heavy (non-hydrogen) atoms. The van der Waals surface area contributed by atoms with E-state index in [4.69, 9.17) is 0 Å². The molecule has 3 aromatic rings. The van der Waals surface area contributed by atoms with Crippen LogP contribution < -0.4 is 5.32 Å². The maximum atomic E-state index is 14.2. The number of non-ortho nitro benzene ring substituents is 1. The molecule has 0 aliphatic rings. The maximum absolute atomic E-state index is 14.2. The second-order valence-corrected chi connectivity index (χ2v) is 5.93. The lowest BCUT2D eigenvalue weighted by Gasteiger charge is -2.21. The van der Waals surface area contributed by atoms with Gasteiger partial charge in [-0.15, -0.1) is 0 Å². The Morgan fingerprint density at radius 2 is 2.00 bits per heavy atom. The first-order chi connectivity index (χ1) is 11.5. The summed E-state index contributed by atoms with van der Waals surface area (Å²) in [5.41, 5.74) is 1.68. The van der Waals surface area contributed by atoms with E-state index in [1.807, 2.05) is 38.1 Å². The van der Waals surface area contributed by atoms with Gasteiger partial charge in [-0.05, 0) is 24.1 Å². The minimum Gasteiger partial charge on any atom is -0.373 e. The Hall–Kier alpha value is -2.96. The molecule has 0 unspecified atom stereocenters. The highest BCUT2D eigenvalue weighted by atomic mass is 19.1. The van der Waals surface area contributed by atoms with E-state index < -0.39 is 10.7 Å². The number of nitro groups is 1. The number of rotatable bonds is 5. The van der Waals surface area contributed by atoms with Crippen LogP contribution in [0.1, 0.15) is 25.7 Å². The van der Waals surface area contributed by atoms with Crippen molar-refractivity contribution in [3.05, 3.63) is 64.2 Å². The Morgan fingerprint density at radius 1 is 1.25 bits per heavy atom. The second-order valence-electron chi connectivity index (χ2n) is 5.93. The van der Waals surface area contributed by atoms with Crippen molar-refractivity contribution in [2.24, 2.45) is 5.92 Å². The average molecular weight is 328 g/mol. The summed E-state index contributed by atoms with van der Waals surface area (Å²) >= 11 is 0. The molecule has 0 saturated carbocycles. The molecule has 0 aliphatic carbocycles. The normalized spacial score (nSPS) is 12.5. The van der Waals surface area contributed by atoms with Crippen molar-refractivity contribution in [1.29, 1.82) is 0 Å². The number of nitro benzene ring substituents is 1. The summed E-state index contributed by atoms with van der Waals surface area (Å²) in [7, 11) is 0. The number of imidazole rings is 1. The Balaban J connectivity index is 1.93. The van der Waals surface area contributed by atoms with Gasteiger partial charge >= 0.3 is 0 Å². The zero-order chi connectivity index (χ0) is 17.3. The third kappa shape index (κ3) is 3.05. The van der Waals surface area contributed by atoms with E-state index in [0.717, 1.165) is 17.1 Å². The third-order valence-corrected chi connectivity index (χ3v) is 3.84. The van der Waals surface area contributed by atoms with Crippen LogP contribution in [0.3, 0.4) is 0 Å². The van der Waals surface area contributed by atoms with Crippen LogP contribution in [0, 0.1) is 21.8 Å². The molecule has 1 aromatic heterocycles. The molecule has 3 rings (SSSR count). The fraction of sp³-hybridized carbons (Fsp3) is 0.235. The molecule has 0 amide bonds. The number of para-hydroxylation sites is 2. The van der Waals surface area contributed by atoms with Gasteiger partial charge in [0.25, 0.3) is 5.69 Å². The molecule has 0 saturated heterocycles. The highest BCUT2D eigenvalue weighted by Gasteiger charge is 2.21. The summed E-state index contributed by atoms with van der Waals surface area (Å²) in [4.78, 5) is 17.9. The van der Waals surface area contributed by atoms with Gasteiger partial charge in [0.1, 0.15) is 5.82 Å². The van der Waals surface area contributed by atoms with Gasteiger partial charge in [0, 0.05) is 6.07 Å². The largest absolute Gasteiger partial charge is 0.373 e. The molecule has 1 atom stereocenters. The van der Waals surface area contributed by atoms with Crippen LogP contribution in [0.15, 0.2) is 42.5 Å². The maximum Gasteiger partial charge on any atom is 0.272 e. The van der Waals surface area contributed by atoms with E-state index in [-0.39, 0.29) is 23.3 Å². The van der Waals surface area contributed by atoms with Gasteiger partial charge in [-0.2, -0.15) is 0 Å². The van der Waals surface area contributed by atoms with Crippen molar-refractivity contribution in [2.75, 3.05) is 5.32 Å². The molecule has 2 N–H and O–H groups in total. The lowest BCUT2D eigenvalue weighted by molar-refractivity contribution is -0.385. The number of benzene rings is 2. The van der Waals surface area contributed by atoms with Gasteiger partial charge in [-0.3, -0.25) is 10.1 Å². The van der Waals surface area contributed by atoms with Crippen LogP contribution in [0.25, 0.3) is 11.0 Å². The predicted molar refractivity (Wildman–Crippen MR) is 90.3 cm³/mol. The van der Waals surface area contributed by atoms with Crippen LogP contribution in [0.4, 0.5) is 15.8 Å². The second kappa shape index (κ2) is 6.27. The first-order valence-electron chi connectivity index (χ1n) is 7.61. The molecule has 0 aliphatic heterocycles. The van der Waals surface area contributed by atoms with Crippen LogP contribution in [0.2, 0.25) is 0 Å². The Bertz CT molecular complexity index is 858. The zero-order valence-corrected chi connectivity index (χ0v) is 13.3. The Labute approximate surface area is 137 Å². The van der Waals surface area contributed by atoms with Gasteiger partial charge in [-0.1, -0.05) is 26.0 Å². The number of nitrogens with zero attached hydrogens (tertiary/aromatic N) is 2. The quantitative estimate of drug-likeness (QED) is 0.536. The summed E-state index contributed by atoms with van der Waals surface area (Å²) in [6, 6.07) is 11.0. The summed E-state index contributed by atoms with van der Waals surface area (Å²) in [6.07, 6.45) is 0. The highest BCUT2D eigenvalue weighted by molar-refractivity contribution is 5.75. The summed E-state index contributed by atoms with van der Waals surface area (Å²) in [5.74, 6) is 0.162. The highest BCUT2D eigenvalue weighted by Crippen LogP contribution is 2.29. The number of hydrogen-bond acceptors (Lipinski definition) is 4. The van der Waals surface area contributed by atoms with Crippen LogP contribution >= 0.6 is 0 Å². The Morgan fingerprint density at radius 3 is 2.62 bits per heavy atom. The van der Waals surface area contributed by atoms with Crippen LogP contribution in [-0.4, -0.2) is 14.9 Å². The molecular formula is C17H17FN4O2. The number of nitrogens with one attached hydrogen (secondary N) is 2. The summed E-state index contributed by atoms with van der Waals surface area (Å²) in [6.45, 7) is 3.99. The van der Waals surface area contributed by atoms with E-state index in [9.17, 15) is 14.5 Å². The van der Waals surface area contributed by atoms with Crippen molar-refractivity contribution in [1.82, 2.24) is 9.97 Å². The first-order valence-corrected chi connectivity index (χ1v) is 7.61. The molecule has 0 radical (unpaired) electrons. The third-order valence-electron chi connectivity index (χ3n) is 3.84. The topological polar surface area (TPSA) is 83.8 Å². The predicted octanol–water partition coefficient (Wildman–Crippen LogP) is 4.42. The lowest BCUT2D eigenvalue weighted by atomic mass is 10.0. The van der Waals surface area contributed by atoms with Crippen molar-refractivity contribution in [3.63, 3.8) is 0 Å². The minimum absolute atomic E-state index is 0.125. The van der Waals surface area contributed by atoms with E-state index in [2.05, 4.69) is 15.3 Å². The molecule has 1 heterocycles. The van der Waals surface area contributed by atoms with Gasteiger partial charge < -0.3 is 10.3 Å². The summed E-state index contributed by atoms with van der Waals surface area (Å²) in [5, 5.41) is 13.8. The van der Waals surface area contributed by atoms with Gasteiger partial charge in [0.05, 0.1) is 33.8 Å².